The maximum Gasteiger partial charge on any atom is 0.195 e. The number of rotatable bonds is 3. The maximum atomic E-state index is 14.9. The molecule has 6 nitrogen and oxygen atoms in total. The van der Waals surface area contributed by atoms with Crippen LogP contribution >= 0.6 is 0 Å². The van der Waals surface area contributed by atoms with Crippen LogP contribution in [0.1, 0.15) is 17.0 Å². The van der Waals surface area contributed by atoms with Gasteiger partial charge in [-0.2, -0.15) is 5.10 Å². The third kappa shape index (κ3) is 3.59. The van der Waals surface area contributed by atoms with Gasteiger partial charge in [0.2, 0.25) is 0 Å². The first-order valence-corrected chi connectivity index (χ1v) is 10.5. The Bertz CT molecular complexity index is 1590. The highest BCUT2D eigenvalue weighted by atomic mass is 19.2. The molecule has 0 unspecified atom stereocenters. The summed E-state index contributed by atoms with van der Waals surface area (Å²) in [5.74, 6) is -3.87. The largest absolute Gasteiger partial charge is 0.275 e. The minimum atomic E-state index is -1.56. The molecule has 0 N–H and O–H groups in total. The van der Waals surface area contributed by atoms with Crippen LogP contribution in [0, 0.1) is 38.2 Å². The summed E-state index contributed by atoms with van der Waals surface area (Å²) in [6, 6.07) is 8.69. The predicted molar refractivity (Wildman–Crippen MR) is 122 cm³/mol. The van der Waals surface area contributed by atoms with Crippen molar-refractivity contribution < 1.29 is 13.2 Å². The molecule has 3 aromatic heterocycles. The van der Waals surface area contributed by atoms with Crippen LogP contribution in [0.25, 0.3) is 44.9 Å². The molecular weight excluding hydrogens is 441 g/mol. The quantitative estimate of drug-likeness (QED) is 0.333. The van der Waals surface area contributed by atoms with Crippen LogP contribution in [0.15, 0.2) is 42.7 Å². The Morgan fingerprint density at radius 2 is 1.50 bits per heavy atom. The van der Waals surface area contributed by atoms with Crippen LogP contribution in [0.2, 0.25) is 0 Å². The van der Waals surface area contributed by atoms with Crippen LogP contribution in [0.3, 0.4) is 0 Å². The highest BCUT2D eigenvalue weighted by molar-refractivity contribution is 5.89. The number of halogens is 3. The molecule has 170 valence electrons. The highest BCUT2D eigenvalue weighted by Gasteiger charge is 2.23. The van der Waals surface area contributed by atoms with Crippen molar-refractivity contribution in [3.63, 3.8) is 0 Å². The zero-order chi connectivity index (χ0) is 24.1. The summed E-state index contributed by atoms with van der Waals surface area (Å²) in [5.41, 5.74) is 3.92. The lowest BCUT2D eigenvalue weighted by molar-refractivity contribution is 0.445. The van der Waals surface area contributed by atoms with E-state index in [1.165, 1.54) is 13.0 Å². The molecule has 0 aliphatic heterocycles. The Balaban J connectivity index is 1.79. The summed E-state index contributed by atoms with van der Waals surface area (Å²) in [6.07, 6.45) is 3.62. The first kappa shape index (κ1) is 21.7. The second-order valence-electron chi connectivity index (χ2n) is 8.13. The van der Waals surface area contributed by atoms with Gasteiger partial charge in [-0.3, -0.25) is 4.68 Å². The second kappa shape index (κ2) is 8.02. The number of hydrogen-bond acceptors (Lipinski definition) is 5. The number of fused-ring (bicyclic) bond motifs is 1. The standard InChI is InChI=1S/C25H19F3N6/c1-12-8-18(20(27)21(28)19(12)26)22-23-25(31-14(3)13(2)30-23)33-24(32-22)16-7-5-6-15(9-16)17-10-29-34(4)11-17/h5-11H,1-4H3. The Labute approximate surface area is 193 Å². The number of benzene rings is 2. The van der Waals surface area contributed by atoms with Crippen molar-refractivity contribution in [2.75, 3.05) is 0 Å². The fourth-order valence-corrected chi connectivity index (χ4v) is 3.74. The molecule has 0 fully saturated rings. The fourth-order valence-electron chi connectivity index (χ4n) is 3.74. The number of nitrogens with zero attached hydrogens (tertiary/aromatic N) is 6. The van der Waals surface area contributed by atoms with Crippen LogP contribution in [-0.4, -0.2) is 29.7 Å². The Kier molecular flexibility index (Phi) is 5.11. The summed E-state index contributed by atoms with van der Waals surface area (Å²) in [4.78, 5) is 18.1. The van der Waals surface area contributed by atoms with Gasteiger partial charge in [0.05, 0.1) is 17.6 Å². The number of aromatic nitrogens is 6. The molecule has 5 aromatic rings. The average Bonchev–Trinajstić information content (AvgIpc) is 3.27. The predicted octanol–water partition coefficient (Wildman–Crippen LogP) is 5.50. The fraction of sp³-hybridized carbons (Fsp3) is 0.160. The van der Waals surface area contributed by atoms with Crippen LogP contribution in [0.4, 0.5) is 13.2 Å². The van der Waals surface area contributed by atoms with Crippen LogP contribution in [-0.2, 0) is 7.05 Å². The third-order valence-corrected chi connectivity index (χ3v) is 5.69. The summed E-state index contributed by atoms with van der Waals surface area (Å²) >= 11 is 0. The van der Waals surface area contributed by atoms with Gasteiger partial charge >= 0.3 is 0 Å². The van der Waals surface area contributed by atoms with E-state index in [1.54, 1.807) is 24.7 Å². The molecule has 0 aliphatic carbocycles. The molecule has 9 heteroatoms. The van der Waals surface area contributed by atoms with Gasteiger partial charge < -0.3 is 0 Å². The van der Waals surface area contributed by atoms with Gasteiger partial charge in [0, 0.05) is 29.9 Å². The van der Waals surface area contributed by atoms with Gasteiger partial charge in [-0.05, 0) is 44.0 Å². The molecular formula is C25H19F3N6. The second-order valence-corrected chi connectivity index (χ2v) is 8.13. The molecule has 0 radical (unpaired) electrons. The first-order chi connectivity index (χ1) is 16.2. The number of aryl methyl sites for hydroxylation is 4. The SMILES string of the molecule is Cc1cc(-c2nc(-c3cccc(-c4cnn(C)c4)c3)nc3nc(C)c(C)nc23)c(F)c(F)c1F. The third-order valence-electron chi connectivity index (χ3n) is 5.69. The topological polar surface area (TPSA) is 69.4 Å². The monoisotopic (exact) mass is 460 g/mol. The van der Waals surface area contributed by atoms with E-state index in [9.17, 15) is 13.2 Å². The van der Waals surface area contributed by atoms with E-state index in [0.717, 1.165) is 11.1 Å². The van der Waals surface area contributed by atoms with Gasteiger partial charge in [0.15, 0.2) is 28.9 Å². The summed E-state index contributed by atoms with van der Waals surface area (Å²) < 4.78 is 44.9. The molecule has 0 bridgehead atoms. The highest BCUT2D eigenvalue weighted by Crippen LogP contribution is 2.33. The van der Waals surface area contributed by atoms with Crippen molar-refractivity contribution in [2.24, 2.45) is 7.05 Å². The van der Waals surface area contributed by atoms with Crippen LogP contribution in [0.5, 0.6) is 0 Å². The number of hydrogen-bond donors (Lipinski definition) is 0. The molecule has 2 aromatic carbocycles. The van der Waals surface area contributed by atoms with Gasteiger partial charge in [-0.25, -0.2) is 33.1 Å². The summed E-state index contributed by atoms with van der Waals surface area (Å²) in [7, 11) is 1.83. The molecule has 0 atom stereocenters. The van der Waals surface area contributed by atoms with Crippen molar-refractivity contribution in [3.8, 4) is 33.8 Å². The minimum Gasteiger partial charge on any atom is -0.275 e. The molecule has 34 heavy (non-hydrogen) atoms. The van der Waals surface area contributed by atoms with Crippen molar-refractivity contribution in [3.05, 3.63) is 77.1 Å². The maximum absolute atomic E-state index is 14.9. The summed E-state index contributed by atoms with van der Waals surface area (Å²) in [6.45, 7) is 4.91. The van der Waals surface area contributed by atoms with Gasteiger partial charge in [0.1, 0.15) is 11.2 Å². The van der Waals surface area contributed by atoms with Crippen LogP contribution < -0.4 is 0 Å². The van der Waals surface area contributed by atoms with E-state index >= 15 is 0 Å². The van der Waals surface area contributed by atoms with Crippen molar-refractivity contribution in [2.45, 2.75) is 20.8 Å². The van der Waals surface area contributed by atoms with E-state index in [4.69, 9.17) is 0 Å². The van der Waals surface area contributed by atoms with E-state index < -0.39 is 17.5 Å². The Morgan fingerprint density at radius 3 is 2.24 bits per heavy atom. The van der Waals surface area contributed by atoms with Gasteiger partial charge in [-0.15, -0.1) is 0 Å². The van der Waals surface area contributed by atoms with E-state index in [-0.39, 0.29) is 33.8 Å². The molecule has 0 aliphatic rings. The Morgan fingerprint density at radius 1 is 0.765 bits per heavy atom. The summed E-state index contributed by atoms with van der Waals surface area (Å²) in [5, 5.41) is 4.20. The normalized spacial score (nSPS) is 11.4. The molecule has 0 amide bonds. The molecule has 0 saturated carbocycles. The molecule has 3 heterocycles. The minimum absolute atomic E-state index is 0.0434. The Hall–Kier alpha value is -4.14. The zero-order valence-corrected chi connectivity index (χ0v) is 18.9. The molecule has 0 spiro atoms. The van der Waals surface area contributed by atoms with Gasteiger partial charge in [0.25, 0.3) is 0 Å². The van der Waals surface area contributed by atoms with Crippen molar-refractivity contribution >= 4 is 11.2 Å². The lowest BCUT2D eigenvalue weighted by Crippen LogP contribution is -2.05. The lowest BCUT2D eigenvalue weighted by Gasteiger charge is -2.12. The smallest absolute Gasteiger partial charge is 0.195 e. The lowest BCUT2D eigenvalue weighted by atomic mass is 10.0. The van der Waals surface area contributed by atoms with E-state index in [0.29, 0.717) is 17.0 Å². The van der Waals surface area contributed by atoms with E-state index in [2.05, 4.69) is 25.0 Å². The first-order valence-electron chi connectivity index (χ1n) is 10.5. The molecule has 5 rings (SSSR count). The zero-order valence-electron chi connectivity index (χ0n) is 18.9. The van der Waals surface area contributed by atoms with Crippen molar-refractivity contribution in [1.82, 2.24) is 29.7 Å². The van der Waals surface area contributed by atoms with Gasteiger partial charge in [-0.1, -0.05) is 18.2 Å². The molecule has 0 saturated heterocycles. The van der Waals surface area contributed by atoms with E-state index in [1.807, 2.05) is 37.5 Å². The van der Waals surface area contributed by atoms with Crippen molar-refractivity contribution in [1.29, 1.82) is 0 Å². The average molecular weight is 460 g/mol.